The van der Waals surface area contributed by atoms with Crippen LogP contribution in [0.4, 0.5) is 5.69 Å². The molecule has 0 bridgehead atoms. The van der Waals surface area contributed by atoms with Crippen LogP contribution in [0.25, 0.3) is 0 Å². The van der Waals surface area contributed by atoms with E-state index in [1.807, 2.05) is 6.07 Å². The van der Waals surface area contributed by atoms with E-state index in [1.165, 1.54) is 18.2 Å². The molecule has 0 radical (unpaired) electrons. The number of hydrogen-bond acceptors (Lipinski definition) is 4. The molecule has 0 unspecified atom stereocenters. The molecule has 2 aromatic carbocycles. The van der Waals surface area contributed by atoms with E-state index in [-0.39, 0.29) is 28.0 Å². The molecule has 2 rings (SSSR count). The summed E-state index contributed by atoms with van der Waals surface area (Å²) in [5.41, 5.74) is 0.895. The first-order chi connectivity index (χ1) is 10.0. The highest BCUT2D eigenvalue weighted by Crippen LogP contribution is 2.36. The number of halogens is 1. The van der Waals surface area contributed by atoms with Crippen molar-refractivity contribution < 1.29 is 14.8 Å². The summed E-state index contributed by atoms with van der Waals surface area (Å²) in [6, 6.07) is 9.05. The van der Waals surface area contributed by atoms with E-state index in [0.29, 0.717) is 0 Å². The number of benzene rings is 2. The number of rotatable bonds is 5. The predicted molar refractivity (Wildman–Crippen MR) is 80.3 cm³/mol. The van der Waals surface area contributed by atoms with E-state index >= 15 is 0 Å². The van der Waals surface area contributed by atoms with Crippen molar-refractivity contribution >= 4 is 17.3 Å². The molecular weight excluding hydrogens is 294 g/mol. The van der Waals surface area contributed by atoms with Crippen LogP contribution in [-0.4, -0.2) is 10.0 Å². The lowest BCUT2D eigenvalue weighted by Crippen LogP contribution is -1.91. The van der Waals surface area contributed by atoms with Gasteiger partial charge in [-0.25, -0.2) is 0 Å². The lowest BCUT2D eigenvalue weighted by molar-refractivity contribution is -0.384. The van der Waals surface area contributed by atoms with Gasteiger partial charge in [0.05, 0.1) is 9.95 Å². The number of nitro groups is 1. The van der Waals surface area contributed by atoms with E-state index in [2.05, 4.69) is 6.92 Å². The zero-order valence-electron chi connectivity index (χ0n) is 11.4. The minimum Gasteiger partial charge on any atom is -0.504 e. The highest BCUT2D eigenvalue weighted by molar-refractivity contribution is 6.32. The fraction of sp³-hybridized carbons (Fsp3) is 0.200. The van der Waals surface area contributed by atoms with Gasteiger partial charge in [-0.1, -0.05) is 31.0 Å². The van der Waals surface area contributed by atoms with Gasteiger partial charge >= 0.3 is 0 Å². The Morgan fingerprint density at radius 3 is 2.52 bits per heavy atom. The van der Waals surface area contributed by atoms with Crippen molar-refractivity contribution in [2.24, 2.45) is 0 Å². The Labute approximate surface area is 126 Å². The van der Waals surface area contributed by atoms with Crippen molar-refractivity contribution in [1.82, 2.24) is 0 Å². The first-order valence-corrected chi connectivity index (χ1v) is 6.82. The average Bonchev–Trinajstić information content (AvgIpc) is 2.43. The van der Waals surface area contributed by atoms with Crippen LogP contribution in [0.3, 0.4) is 0 Å². The van der Waals surface area contributed by atoms with Crippen molar-refractivity contribution in [2.45, 2.75) is 19.8 Å². The van der Waals surface area contributed by atoms with Gasteiger partial charge in [0.25, 0.3) is 5.69 Å². The molecule has 0 aliphatic rings. The average molecular weight is 308 g/mol. The van der Waals surface area contributed by atoms with Gasteiger partial charge in [-0.3, -0.25) is 10.1 Å². The van der Waals surface area contributed by atoms with Crippen LogP contribution in [0.15, 0.2) is 36.4 Å². The molecule has 0 fully saturated rings. The molecule has 21 heavy (non-hydrogen) atoms. The molecule has 0 atom stereocenters. The molecule has 0 aromatic heterocycles. The largest absolute Gasteiger partial charge is 0.504 e. The minimum atomic E-state index is -0.535. The standard InChI is InChI=1S/C15H14ClNO4/c1-2-3-10-4-6-15(13(18)8-10)21-14-7-5-11(17(19)20)9-12(14)16/h4-9,18H,2-3H2,1H3. The van der Waals surface area contributed by atoms with Crippen LogP contribution in [0.5, 0.6) is 17.2 Å². The summed E-state index contributed by atoms with van der Waals surface area (Å²) in [6.45, 7) is 2.05. The van der Waals surface area contributed by atoms with Crippen molar-refractivity contribution in [3.63, 3.8) is 0 Å². The van der Waals surface area contributed by atoms with Gasteiger partial charge in [0.2, 0.25) is 0 Å². The van der Waals surface area contributed by atoms with Crippen molar-refractivity contribution in [3.05, 3.63) is 57.1 Å². The molecule has 6 heteroatoms. The number of aryl methyl sites for hydroxylation is 1. The molecule has 0 saturated heterocycles. The quantitative estimate of drug-likeness (QED) is 0.642. The van der Waals surface area contributed by atoms with Crippen molar-refractivity contribution in [1.29, 1.82) is 0 Å². The Morgan fingerprint density at radius 1 is 1.24 bits per heavy atom. The molecule has 0 aliphatic carbocycles. The minimum absolute atomic E-state index is 0.00960. The molecule has 1 N–H and O–H groups in total. The maximum Gasteiger partial charge on any atom is 0.271 e. The third-order valence-electron chi connectivity index (χ3n) is 2.91. The van der Waals surface area contributed by atoms with Gasteiger partial charge in [0.1, 0.15) is 5.75 Å². The first-order valence-electron chi connectivity index (χ1n) is 6.45. The van der Waals surface area contributed by atoms with Crippen molar-refractivity contribution in [3.8, 4) is 17.2 Å². The van der Waals surface area contributed by atoms with Crippen LogP contribution in [0.1, 0.15) is 18.9 Å². The first kappa shape index (κ1) is 15.1. The summed E-state index contributed by atoms with van der Waals surface area (Å²) >= 11 is 5.95. The molecule has 0 spiro atoms. The third-order valence-corrected chi connectivity index (χ3v) is 3.20. The Morgan fingerprint density at radius 2 is 1.95 bits per heavy atom. The lowest BCUT2D eigenvalue weighted by Gasteiger charge is -2.10. The second-order valence-electron chi connectivity index (χ2n) is 4.53. The number of non-ortho nitro benzene ring substituents is 1. The highest BCUT2D eigenvalue weighted by atomic mass is 35.5. The molecular formula is C15H14ClNO4. The maximum absolute atomic E-state index is 10.6. The fourth-order valence-corrected chi connectivity index (χ4v) is 2.11. The molecule has 2 aromatic rings. The van der Waals surface area contributed by atoms with E-state index in [4.69, 9.17) is 16.3 Å². The summed E-state index contributed by atoms with van der Waals surface area (Å²) in [6.07, 6.45) is 1.85. The van der Waals surface area contributed by atoms with Crippen LogP contribution < -0.4 is 4.74 Å². The summed E-state index contributed by atoms with van der Waals surface area (Å²) in [5, 5.41) is 20.7. The summed E-state index contributed by atoms with van der Waals surface area (Å²) in [4.78, 5) is 10.1. The number of ether oxygens (including phenoxy) is 1. The topological polar surface area (TPSA) is 72.6 Å². The van der Waals surface area contributed by atoms with Gasteiger partial charge in [0.15, 0.2) is 11.5 Å². The number of nitro benzene ring substituents is 1. The van der Waals surface area contributed by atoms with E-state index in [9.17, 15) is 15.2 Å². The second kappa shape index (κ2) is 6.45. The van der Waals surface area contributed by atoms with Crippen LogP contribution in [0, 0.1) is 10.1 Å². The predicted octanol–water partition coefficient (Wildman–Crippen LogP) is 4.70. The van der Waals surface area contributed by atoms with Crippen LogP contribution >= 0.6 is 11.6 Å². The number of phenols is 1. The second-order valence-corrected chi connectivity index (χ2v) is 4.93. The van der Waals surface area contributed by atoms with Crippen molar-refractivity contribution in [2.75, 3.05) is 0 Å². The summed E-state index contributed by atoms with van der Waals surface area (Å²) in [7, 11) is 0. The summed E-state index contributed by atoms with van der Waals surface area (Å²) < 4.78 is 5.50. The fourth-order valence-electron chi connectivity index (χ4n) is 1.90. The number of aromatic hydroxyl groups is 1. The number of phenolic OH excluding ortho intramolecular Hbond substituents is 1. The van der Waals surface area contributed by atoms with E-state index < -0.39 is 4.92 Å². The maximum atomic E-state index is 10.6. The van der Waals surface area contributed by atoms with Crippen LogP contribution in [0.2, 0.25) is 5.02 Å². The zero-order chi connectivity index (χ0) is 15.4. The van der Waals surface area contributed by atoms with Gasteiger partial charge in [-0.2, -0.15) is 0 Å². The zero-order valence-corrected chi connectivity index (χ0v) is 12.1. The highest BCUT2D eigenvalue weighted by Gasteiger charge is 2.12. The van der Waals surface area contributed by atoms with E-state index in [0.717, 1.165) is 18.4 Å². The summed E-state index contributed by atoms with van der Waals surface area (Å²) in [5.74, 6) is 0.516. The number of nitrogens with zero attached hydrogens (tertiary/aromatic N) is 1. The normalized spacial score (nSPS) is 10.4. The van der Waals surface area contributed by atoms with E-state index in [1.54, 1.807) is 12.1 Å². The van der Waals surface area contributed by atoms with Gasteiger partial charge < -0.3 is 9.84 Å². The van der Waals surface area contributed by atoms with Gasteiger partial charge in [-0.05, 0) is 30.2 Å². The molecule has 0 heterocycles. The molecule has 110 valence electrons. The Bertz CT molecular complexity index is 673. The van der Waals surface area contributed by atoms with Crippen LogP contribution in [-0.2, 0) is 6.42 Å². The molecule has 0 saturated carbocycles. The molecule has 0 amide bonds. The lowest BCUT2D eigenvalue weighted by atomic mass is 10.1. The molecule has 5 nitrogen and oxygen atoms in total. The Hall–Kier alpha value is -2.27. The number of hydrogen-bond donors (Lipinski definition) is 1. The monoisotopic (exact) mass is 307 g/mol. The Balaban J connectivity index is 2.24. The smallest absolute Gasteiger partial charge is 0.271 e. The van der Waals surface area contributed by atoms with Gasteiger partial charge in [0, 0.05) is 12.1 Å². The third kappa shape index (κ3) is 3.64. The SMILES string of the molecule is CCCc1ccc(Oc2ccc([N+](=O)[O-])cc2Cl)c(O)c1. The van der Waals surface area contributed by atoms with Gasteiger partial charge in [-0.15, -0.1) is 0 Å². The Kier molecular flexibility index (Phi) is 4.65. The molecule has 0 aliphatic heterocycles.